The van der Waals surface area contributed by atoms with Crippen molar-refractivity contribution in [2.75, 3.05) is 7.05 Å². The van der Waals surface area contributed by atoms with Crippen LogP contribution in [0.15, 0.2) is 42.6 Å². The normalized spacial score (nSPS) is 16.7. The van der Waals surface area contributed by atoms with Gasteiger partial charge < -0.3 is 4.90 Å². The Balaban J connectivity index is 1.63. The highest BCUT2D eigenvalue weighted by Crippen LogP contribution is 2.26. The number of benzene rings is 1. The highest BCUT2D eigenvalue weighted by atomic mass is 16.2. The number of hydrogen-bond acceptors (Lipinski definition) is 2. The van der Waals surface area contributed by atoms with E-state index in [0.717, 1.165) is 31.4 Å². The molecule has 0 fully saturated rings. The van der Waals surface area contributed by atoms with Crippen molar-refractivity contribution in [3.63, 3.8) is 0 Å². The zero-order chi connectivity index (χ0) is 16.2. The van der Waals surface area contributed by atoms with Crippen molar-refractivity contribution in [3.05, 3.63) is 65.0 Å². The molecule has 0 spiro atoms. The van der Waals surface area contributed by atoms with Gasteiger partial charge in [0.15, 0.2) is 0 Å². The molecule has 0 N–H and O–H groups in total. The van der Waals surface area contributed by atoms with Gasteiger partial charge in [-0.05, 0) is 48.4 Å². The topological polar surface area (TPSA) is 33.2 Å². The van der Waals surface area contributed by atoms with E-state index in [1.165, 1.54) is 16.7 Å². The average molecular weight is 308 g/mol. The average Bonchev–Trinajstić information content (AvgIpc) is 2.61. The lowest BCUT2D eigenvalue weighted by molar-refractivity contribution is -0.135. The van der Waals surface area contributed by atoms with Crippen LogP contribution in [-0.4, -0.2) is 22.8 Å². The van der Waals surface area contributed by atoms with Crippen LogP contribution in [0.5, 0.6) is 0 Å². The number of carbonyl (C=O) groups excluding carboxylic acids is 1. The standard InChI is InChI=1S/C20H24N2O/c1-3-15-8-11-19(21-13-15)14-22(2)20(23)18-10-9-16-6-4-5-7-17(16)12-18/h4-8,11,13,18H,3,9-10,12,14H2,1-2H3/t18-/m1/s1. The van der Waals surface area contributed by atoms with Gasteiger partial charge in [-0.1, -0.05) is 37.3 Å². The van der Waals surface area contributed by atoms with Gasteiger partial charge in [-0.15, -0.1) is 0 Å². The Bertz CT molecular complexity index is 678. The smallest absolute Gasteiger partial charge is 0.226 e. The van der Waals surface area contributed by atoms with Gasteiger partial charge in [0.25, 0.3) is 0 Å². The molecule has 2 aromatic rings. The van der Waals surface area contributed by atoms with Gasteiger partial charge in [0, 0.05) is 19.2 Å². The van der Waals surface area contributed by atoms with Gasteiger partial charge in [0.2, 0.25) is 5.91 Å². The maximum atomic E-state index is 12.7. The van der Waals surface area contributed by atoms with E-state index in [-0.39, 0.29) is 11.8 Å². The van der Waals surface area contributed by atoms with E-state index >= 15 is 0 Å². The molecule has 1 aliphatic rings. The fraction of sp³-hybridized carbons (Fsp3) is 0.400. The van der Waals surface area contributed by atoms with E-state index in [9.17, 15) is 4.79 Å². The fourth-order valence-electron chi connectivity index (χ4n) is 3.30. The number of hydrogen-bond donors (Lipinski definition) is 0. The molecule has 1 aliphatic carbocycles. The monoisotopic (exact) mass is 308 g/mol. The molecule has 1 amide bonds. The molecule has 3 nitrogen and oxygen atoms in total. The number of rotatable bonds is 4. The second kappa shape index (κ2) is 6.95. The number of fused-ring (bicyclic) bond motifs is 1. The Morgan fingerprint density at radius 1 is 1.22 bits per heavy atom. The number of carbonyl (C=O) groups is 1. The van der Waals surface area contributed by atoms with Crippen LogP contribution in [0.3, 0.4) is 0 Å². The van der Waals surface area contributed by atoms with Gasteiger partial charge in [-0.3, -0.25) is 9.78 Å². The molecule has 0 saturated carbocycles. The zero-order valence-electron chi connectivity index (χ0n) is 14.0. The van der Waals surface area contributed by atoms with Crippen molar-refractivity contribution in [1.29, 1.82) is 0 Å². The third-order valence-corrected chi connectivity index (χ3v) is 4.77. The van der Waals surface area contributed by atoms with E-state index in [1.807, 2.05) is 24.2 Å². The summed E-state index contributed by atoms with van der Waals surface area (Å²) in [5, 5.41) is 0. The summed E-state index contributed by atoms with van der Waals surface area (Å²) in [6, 6.07) is 12.6. The first kappa shape index (κ1) is 15.7. The summed E-state index contributed by atoms with van der Waals surface area (Å²) < 4.78 is 0. The van der Waals surface area contributed by atoms with Crippen LogP contribution in [0.4, 0.5) is 0 Å². The van der Waals surface area contributed by atoms with Crippen molar-refractivity contribution in [1.82, 2.24) is 9.88 Å². The lowest BCUT2D eigenvalue weighted by atomic mass is 9.83. The Morgan fingerprint density at radius 3 is 2.70 bits per heavy atom. The second-order valence-electron chi connectivity index (χ2n) is 6.41. The van der Waals surface area contributed by atoms with Crippen LogP contribution in [-0.2, 0) is 30.6 Å². The van der Waals surface area contributed by atoms with Crippen molar-refractivity contribution in [3.8, 4) is 0 Å². The summed E-state index contributed by atoms with van der Waals surface area (Å²) in [6.45, 7) is 2.70. The van der Waals surface area contributed by atoms with Crippen LogP contribution < -0.4 is 0 Å². The number of pyridine rings is 1. The van der Waals surface area contributed by atoms with Gasteiger partial charge >= 0.3 is 0 Å². The van der Waals surface area contributed by atoms with Crippen molar-refractivity contribution >= 4 is 5.91 Å². The Morgan fingerprint density at radius 2 is 2.00 bits per heavy atom. The summed E-state index contributed by atoms with van der Waals surface area (Å²) >= 11 is 0. The first-order valence-corrected chi connectivity index (χ1v) is 8.43. The first-order valence-electron chi connectivity index (χ1n) is 8.43. The molecule has 1 aromatic heterocycles. The quantitative estimate of drug-likeness (QED) is 0.867. The van der Waals surface area contributed by atoms with Gasteiger partial charge in [0.1, 0.15) is 0 Å². The summed E-state index contributed by atoms with van der Waals surface area (Å²) in [4.78, 5) is 19.0. The number of aromatic nitrogens is 1. The van der Waals surface area contributed by atoms with Crippen LogP contribution in [0.25, 0.3) is 0 Å². The summed E-state index contributed by atoms with van der Waals surface area (Å²) in [7, 11) is 1.89. The fourth-order valence-corrected chi connectivity index (χ4v) is 3.30. The second-order valence-corrected chi connectivity index (χ2v) is 6.41. The molecule has 120 valence electrons. The van der Waals surface area contributed by atoms with Crippen LogP contribution in [0.2, 0.25) is 0 Å². The van der Waals surface area contributed by atoms with E-state index in [1.54, 1.807) is 0 Å². The third-order valence-electron chi connectivity index (χ3n) is 4.77. The van der Waals surface area contributed by atoms with Crippen LogP contribution >= 0.6 is 0 Å². The minimum Gasteiger partial charge on any atom is -0.340 e. The maximum Gasteiger partial charge on any atom is 0.226 e. The molecule has 1 aromatic carbocycles. The largest absolute Gasteiger partial charge is 0.340 e. The molecular formula is C20H24N2O. The van der Waals surface area contributed by atoms with E-state index in [0.29, 0.717) is 6.54 Å². The van der Waals surface area contributed by atoms with Crippen LogP contribution in [0.1, 0.15) is 35.7 Å². The van der Waals surface area contributed by atoms with Gasteiger partial charge in [0.05, 0.1) is 12.2 Å². The lowest BCUT2D eigenvalue weighted by Gasteiger charge is -2.27. The SMILES string of the molecule is CCc1ccc(CN(C)C(=O)[C@@H]2CCc3ccccc3C2)nc1. The minimum atomic E-state index is 0.102. The van der Waals surface area contributed by atoms with E-state index in [2.05, 4.69) is 42.2 Å². The molecule has 0 unspecified atom stereocenters. The molecular weight excluding hydrogens is 284 g/mol. The first-order chi connectivity index (χ1) is 11.2. The Kier molecular flexibility index (Phi) is 4.75. The zero-order valence-corrected chi connectivity index (χ0v) is 14.0. The molecule has 0 radical (unpaired) electrons. The summed E-state index contributed by atoms with van der Waals surface area (Å²) in [5.41, 5.74) is 4.91. The molecule has 3 heteroatoms. The molecule has 1 atom stereocenters. The summed E-state index contributed by atoms with van der Waals surface area (Å²) in [5.74, 6) is 0.339. The van der Waals surface area contributed by atoms with Crippen molar-refractivity contribution < 1.29 is 4.79 Å². The molecule has 0 bridgehead atoms. The van der Waals surface area contributed by atoms with Crippen molar-refractivity contribution in [2.24, 2.45) is 5.92 Å². The molecule has 0 aliphatic heterocycles. The summed E-state index contributed by atoms with van der Waals surface area (Å²) in [6.07, 6.45) is 5.71. The molecule has 1 heterocycles. The van der Waals surface area contributed by atoms with Gasteiger partial charge in [-0.2, -0.15) is 0 Å². The predicted octanol–water partition coefficient (Wildman–Crippen LogP) is 3.41. The number of aryl methyl sites for hydroxylation is 2. The highest BCUT2D eigenvalue weighted by Gasteiger charge is 2.26. The minimum absolute atomic E-state index is 0.102. The Labute approximate surface area is 138 Å². The lowest BCUT2D eigenvalue weighted by Crippen LogP contribution is -2.35. The van der Waals surface area contributed by atoms with E-state index < -0.39 is 0 Å². The number of nitrogens with zero attached hydrogens (tertiary/aromatic N) is 2. The van der Waals surface area contributed by atoms with Crippen LogP contribution in [0, 0.1) is 5.92 Å². The molecule has 23 heavy (non-hydrogen) atoms. The van der Waals surface area contributed by atoms with E-state index in [4.69, 9.17) is 0 Å². The number of amides is 1. The molecule has 3 rings (SSSR count). The Hall–Kier alpha value is -2.16. The third kappa shape index (κ3) is 3.61. The molecule has 0 saturated heterocycles. The predicted molar refractivity (Wildman–Crippen MR) is 92.0 cm³/mol. The highest BCUT2D eigenvalue weighted by molar-refractivity contribution is 5.79. The van der Waals surface area contributed by atoms with Gasteiger partial charge in [-0.25, -0.2) is 0 Å². The maximum absolute atomic E-state index is 12.7. The van der Waals surface area contributed by atoms with Crippen molar-refractivity contribution in [2.45, 2.75) is 39.2 Å².